The van der Waals surface area contributed by atoms with Crippen molar-refractivity contribution in [2.45, 2.75) is 49.5 Å². The maximum absolute atomic E-state index is 12.6. The molecule has 136 valence electrons. The number of benzene rings is 1. The fourth-order valence-corrected chi connectivity index (χ4v) is 4.91. The molecule has 0 aromatic heterocycles. The lowest BCUT2D eigenvalue weighted by Crippen LogP contribution is -2.30. The van der Waals surface area contributed by atoms with Crippen molar-refractivity contribution in [1.29, 1.82) is 0 Å². The molecule has 25 heavy (non-hydrogen) atoms. The van der Waals surface area contributed by atoms with E-state index in [9.17, 15) is 18.0 Å². The van der Waals surface area contributed by atoms with Gasteiger partial charge in [0.05, 0.1) is 15.5 Å². The van der Waals surface area contributed by atoms with E-state index >= 15 is 0 Å². The van der Waals surface area contributed by atoms with Gasteiger partial charge in [0, 0.05) is 19.5 Å². The van der Waals surface area contributed by atoms with Crippen molar-refractivity contribution in [2.24, 2.45) is 0 Å². The molecular weight excluding hydrogens is 366 g/mol. The zero-order valence-corrected chi connectivity index (χ0v) is 15.3. The van der Waals surface area contributed by atoms with E-state index in [2.05, 4.69) is 0 Å². The van der Waals surface area contributed by atoms with Crippen molar-refractivity contribution >= 4 is 33.4 Å². The molecule has 0 N–H and O–H groups in total. The third kappa shape index (κ3) is 3.88. The summed E-state index contributed by atoms with van der Waals surface area (Å²) in [6, 6.07) is 4.01. The summed E-state index contributed by atoms with van der Waals surface area (Å²) in [5.74, 6) is -0.861. The van der Waals surface area contributed by atoms with Crippen LogP contribution in [-0.2, 0) is 19.6 Å². The first-order valence-electron chi connectivity index (χ1n) is 8.43. The molecule has 0 bridgehead atoms. The highest BCUT2D eigenvalue weighted by atomic mass is 35.5. The van der Waals surface area contributed by atoms with Gasteiger partial charge < -0.3 is 4.74 Å². The molecule has 2 aliphatic rings. The summed E-state index contributed by atoms with van der Waals surface area (Å²) in [7, 11) is -3.66. The number of esters is 1. The Morgan fingerprint density at radius 3 is 2.56 bits per heavy atom. The van der Waals surface area contributed by atoms with Crippen LogP contribution in [0.4, 0.5) is 0 Å². The molecule has 6 nitrogen and oxygen atoms in total. The van der Waals surface area contributed by atoms with E-state index < -0.39 is 22.1 Å². The molecule has 0 amide bonds. The number of ketones is 1. The Bertz CT molecular complexity index is 786. The number of hydrogen-bond donors (Lipinski definition) is 0. The number of ether oxygens (including phenoxy) is 1. The molecule has 2 fully saturated rings. The molecule has 1 aliphatic heterocycles. The quantitative estimate of drug-likeness (QED) is 0.744. The predicted octanol–water partition coefficient (Wildman–Crippen LogP) is 2.79. The maximum atomic E-state index is 12.6. The van der Waals surface area contributed by atoms with Crippen molar-refractivity contribution in [2.75, 3.05) is 13.1 Å². The van der Waals surface area contributed by atoms with Gasteiger partial charge in [-0.1, -0.05) is 11.6 Å². The minimum absolute atomic E-state index is 0.0146. The number of hydrogen-bond acceptors (Lipinski definition) is 5. The van der Waals surface area contributed by atoms with Gasteiger partial charge in [0.25, 0.3) is 0 Å². The summed E-state index contributed by atoms with van der Waals surface area (Å²) in [6.45, 7) is 0.947. The minimum Gasteiger partial charge on any atom is -0.451 e. The Morgan fingerprint density at radius 1 is 1.16 bits per heavy atom. The van der Waals surface area contributed by atoms with Crippen LogP contribution in [0.3, 0.4) is 0 Å². The van der Waals surface area contributed by atoms with Gasteiger partial charge in [-0.3, -0.25) is 4.79 Å². The zero-order valence-electron chi connectivity index (χ0n) is 13.7. The van der Waals surface area contributed by atoms with Gasteiger partial charge >= 0.3 is 5.97 Å². The van der Waals surface area contributed by atoms with Crippen molar-refractivity contribution in [1.82, 2.24) is 4.31 Å². The molecule has 1 aliphatic carbocycles. The van der Waals surface area contributed by atoms with Crippen LogP contribution in [0.5, 0.6) is 0 Å². The molecule has 0 unspecified atom stereocenters. The average molecular weight is 386 g/mol. The number of nitrogens with zero attached hydrogens (tertiary/aromatic N) is 1. The highest BCUT2D eigenvalue weighted by molar-refractivity contribution is 7.89. The van der Waals surface area contributed by atoms with Crippen molar-refractivity contribution < 1.29 is 22.7 Å². The van der Waals surface area contributed by atoms with Gasteiger partial charge in [0.1, 0.15) is 0 Å². The summed E-state index contributed by atoms with van der Waals surface area (Å²) in [5.41, 5.74) is -0.0275. The van der Waals surface area contributed by atoms with Gasteiger partial charge in [-0.05, 0) is 50.3 Å². The molecule has 1 aromatic rings. The van der Waals surface area contributed by atoms with Crippen LogP contribution in [0.1, 0.15) is 48.9 Å². The van der Waals surface area contributed by atoms with Crippen LogP contribution in [0.25, 0.3) is 0 Å². The maximum Gasteiger partial charge on any atom is 0.340 e. The van der Waals surface area contributed by atoms with Gasteiger partial charge in [0.15, 0.2) is 11.9 Å². The van der Waals surface area contributed by atoms with Crippen LogP contribution < -0.4 is 0 Å². The largest absolute Gasteiger partial charge is 0.451 e. The smallest absolute Gasteiger partial charge is 0.340 e. The molecule has 1 aromatic carbocycles. The molecule has 1 heterocycles. The second-order valence-electron chi connectivity index (χ2n) is 6.36. The summed E-state index contributed by atoms with van der Waals surface area (Å²) in [5, 5.41) is 0.105. The van der Waals surface area contributed by atoms with E-state index in [-0.39, 0.29) is 21.3 Å². The van der Waals surface area contributed by atoms with Crippen LogP contribution >= 0.6 is 11.6 Å². The number of carbonyl (C=O) groups excluding carboxylic acids is 2. The van der Waals surface area contributed by atoms with Gasteiger partial charge in [0.2, 0.25) is 10.0 Å². The van der Waals surface area contributed by atoms with E-state index in [1.807, 2.05) is 0 Å². The van der Waals surface area contributed by atoms with E-state index in [0.717, 1.165) is 25.7 Å². The third-order valence-corrected chi connectivity index (χ3v) is 6.83. The number of rotatable bonds is 4. The topological polar surface area (TPSA) is 80.8 Å². The number of Topliss-reactive ketones (excluding diaryl/α,β-unsaturated/α-hetero) is 1. The minimum atomic E-state index is -3.66. The van der Waals surface area contributed by atoms with Gasteiger partial charge in [-0.25, -0.2) is 13.2 Å². The standard InChI is InChI=1S/C17H20ClNO5S/c18-14-8-7-12(25(22,23)19-9-3-4-10-19)11-13(14)17(21)24-16-6-2-1-5-15(16)20/h7-8,11,16H,1-6,9-10H2/t16-/m0/s1. The summed E-state index contributed by atoms with van der Waals surface area (Å²) < 4.78 is 32.0. The first-order chi connectivity index (χ1) is 11.9. The lowest BCUT2D eigenvalue weighted by atomic mass is 9.96. The summed E-state index contributed by atoms with van der Waals surface area (Å²) >= 11 is 6.06. The molecule has 8 heteroatoms. The fourth-order valence-electron chi connectivity index (χ4n) is 3.17. The molecular formula is C17H20ClNO5S. The van der Waals surface area contributed by atoms with Crippen molar-refractivity contribution in [3.63, 3.8) is 0 Å². The lowest BCUT2D eigenvalue weighted by Gasteiger charge is -2.21. The SMILES string of the molecule is O=C(O[C@H]1CCCCC1=O)c1cc(S(=O)(=O)N2CCCC2)ccc1Cl. The number of carbonyl (C=O) groups is 2. The van der Waals surface area contributed by atoms with Crippen LogP contribution in [0.15, 0.2) is 23.1 Å². The molecule has 3 rings (SSSR count). The highest BCUT2D eigenvalue weighted by Crippen LogP contribution is 2.27. The third-order valence-electron chi connectivity index (χ3n) is 4.61. The Hall–Kier alpha value is -1.44. The predicted molar refractivity (Wildman–Crippen MR) is 92.1 cm³/mol. The second-order valence-corrected chi connectivity index (χ2v) is 8.70. The normalized spacial score (nSPS) is 22.1. The number of sulfonamides is 1. The Morgan fingerprint density at radius 2 is 1.88 bits per heavy atom. The first-order valence-corrected chi connectivity index (χ1v) is 10.2. The van der Waals surface area contributed by atoms with E-state index in [4.69, 9.17) is 16.3 Å². The van der Waals surface area contributed by atoms with E-state index in [1.54, 1.807) is 0 Å². The van der Waals surface area contributed by atoms with Crippen LogP contribution in [0, 0.1) is 0 Å². The molecule has 1 saturated carbocycles. The van der Waals surface area contributed by atoms with Crippen molar-refractivity contribution in [3.05, 3.63) is 28.8 Å². The highest BCUT2D eigenvalue weighted by Gasteiger charge is 2.30. The van der Waals surface area contributed by atoms with Crippen LogP contribution in [-0.4, -0.2) is 43.7 Å². The Balaban J connectivity index is 1.84. The van der Waals surface area contributed by atoms with E-state index in [0.29, 0.717) is 25.9 Å². The van der Waals surface area contributed by atoms with Gasteiger partial charge in [-0.2, -0.15) is 4.31 Å². The molecule has 1 atom stereocenters. The number of halogens is 1. The average Bonchev–Trinajstić information content (AvgIpc) is 3.12. The van der Waals surface area contributed by atoms with Crippen molar-refractivity contribution in [3.8, 4) is 0 Å². The van der Waals surface area contributed by atoms with Crippen LogP contribution in [0.2, 0.25) is 5.02 Å². The lowest BCUT2D eigenvalue weighted by molar-refractivity contribution is -0.129. The fraction of sp³-hybridized carbons (Fsp3) is 0.529. The monoisotopic (exact) mass is 385 g/mol. The molecule has 1 saturated heterocycles. The van der Waals surface area contributed by atoms with Gasteiger partial charge in [-0.15, -0.1) is 0 Å². The summed E-state index contributed by atoms with van der Waals surface area (Å²) in [6.07, 6.45) is 3.40. The Kier molecular flexibility index (Phi) is 5.46. The first kappa shape index (κ1) is 18.4. The molecule has 0 radical (unpaired) electrons. The Labute approximate surface area is 152 Å². The molecule has 0 spiro atoms. The van der Waals surface area contributed by atoms with E-state index in [1.165, 1.54) is 22.5 Å². The second kappa shape index (κ2) is 7.43. The summed E-state index contributed by atoms with van der Waals surface area (Å²) in [4.78, 5) is 24.3. The zero-order chi connectivity index (χ0) is 18.0.